The minimum atomic E-state index is 0.385. The first-order valence-corrected chi connectivity index (χ1v) is 8.03. The molecule has 3 unspecified atom stereocenters. The molecule has 0 spiro atoms. The lowest BCUT2D eigenvalue weighted by Gasteiger charge is -2.41. The summed E-state index contributed by atoms with van der Waals surface area (Å²) in [5.74, 6) is 0.622. The zero-order valence-corrected chi connectivity index (χ0v) is 12.9. The van der Waals surface area contributed by atoms with E-state index in [4.69, 9.17) is 9.47 Å². The van der Waals surface area contributed by atoms with Gasteiger partial charge in [-0.3, -0.25) is 0 Å². The Balaban J connectivity index is 1.83. The fraction of sp³-hybridized carbons (Fsp3) is 1.00. The number of ether oxygens (including phenoxy) is 2. The normalized spacial score (nSPS) is 34.6. The average Bonchev–Trinajstić information content (AvgIpc) is 2.87. The fourth-order valence-electron chi connectivity index (χ4n) is 3.23. The van der Waals surface area contributed by atoms with E-state index in [1.165, 1.54) is 32.1 Å². The summed E-state index contributed by atoms with van der Waals surface area (Å²) in [4.78, 5) is 0. The van der Waals surface area contributed by atoms with Crippen molar-refractivity contribution in [2.45, 2.75) is 65.0 Å². The van der Waals surface area contributed by atoms with E-state index in [2.05, 4.69) is 26.1 Å². The lowest BCUT2D eigenvalue weighted by Crippen LogP contribution is -2.48. The van der Waals surface area contributed by atoms with Crippen molar-refractivity contribution in [3.63, 3.8) is 0 Å². The molecule has 1 aliphatic heterocycles. The molecule has 1 saturated heterocycles. The first kappa shape index (κ1) is 15.3. The van der Waals surface area contributed by atoms with Crippen LogP contribution in [0.15, 0.2) is 0 Å². The molecule has 0 bridgehead atoms. The van der Waals surface area contributed by atoms with Gasteiger partial charge in [-0.1, -0.05) is 20.8 Å². The number of rotatable bonds is 6. The molecule has 1 N–H and O–H groups in total. The van der Waals surface area contributed by atoms with Crippen LogP contribution in [-0.2, 0) is 9.47 Å². The van der Waals surface area contributed by atoms with Gasteiger partial charge in [0.05, 0.1) is 19.3 Å². The first-order valence-electron chi connectivity index (χ1n) is 8.03. The fourth-order valence-corrected chi connectivity index (χ4v) is 3.23. The van der Waals surface area contributed by atoms with Gasteiger partial charge < -0.3 is 14.8 Å². The maximum atomic E-state index is 6.27. The SMILES string of the molecule is CCCNC1CCC(C)(C)CC1OCC1CCOC1. The smallest absolute Gasteiger partial charge is 0.0733 e. The molecule has 19 heavy (non-hydrogen) atoms. The van der Waals surface area contributed by atoms with Gasteiger partial charge in [0.2, 0.25) is 0 Å². The third-order valence-electron chi connectivity index (χ3n) is 4.56. The summed E-state index contributed by atoms with van der Waals surface area (Å²) in [5, 5.41) is 3.68. The highest BCUT2D eigenvalue weighted by Gasteiger charge is 2.35. The minimum Gasteiger partial charge on any atom is -0.381 e. The monoisotopic (exact) mass is 269 g/mol. The molecule has 0 amide bonds. The topological polar surface area (TPSA) is 30.5 Å². The summed E-state index contributed by atoms with van der Waals surface area (Å²) in [6.07, 6.45) is 6.49. The van der Waals surface area contributed by atoms with Gasteiger partial charge in [0.1, 0.15) is 0 Å². The molecular weight excluding hydrogens is 238 g/mol. The van der Waals surface area contributed by atoms with Crippen molar-refractivity contribution in [1.82, 2.24) is 5.32 Å². The molecule has 3 nitrogen and oxygen atoms in total. The summed E-state index contributed by atoms with van der Waals surface area (Å²) in [5.41, 5.74) is 0.432. The molecule has 2 fully saturated rings. The Kier molecular flexibility index (Phi) is 5.67. The van der Waals surface area contributed by atoms with E-state index in [9.17, 15) is 0 Å². The van der Waals surface area contributed by atoms with Crippen LogP contribution >= 0.6 is 0 Å². The van der Waals surface area contributed by atoms with E-state index in [-0.39, 0.29) is 0 Å². The van der Waals surface area contributed by atoms with Crippen LogP contribution in [0.2, 0.25) is 0 Å². The standard InChI is InChI=1S/C16H31NO2/c1-4-8-17-14-5-7-16(2,3)10-15(14)19-12-13-6-9-18-11-13/h13-15,17H,4-12H2,1-3H3. The van der Waals surface area contributed by atoms with Gasteiger partial charge in [-0.05, 0) is 44.1 Å². The molecule has 112 valence electrons. The zero-order chi connectivity index (χ0) is 13.7. The van der Waals surface area contributed by atoms with E-state index in [0.717, 1.165) is 26.4 Å². The quantitative estimate of drug-likeness (QED) is 0.804. The molecule has 3 heteroatoms. The van der Waals surface area contributed by atoms with Gasteiger partial charge in [-0.2, -0.15) is 0 Å². The number of hydrogen-bond donors (Lipinski definition) is 1. The maximum absolute atomic E-state index is 6.27. The average molecular weight is 269 g/mol. The van der Waals surface area contributed by atoms with Crippen molar-refractivity contribution in [2.75, 3.05) is 26.4 Å². The van der Waals surface area contributed by atoms with Gasteiger partial charge in [-0.25, -0.2) is 0 Å². The predicted octanol–water partition coefficient (Wildman–Crippen LogP) is 2.99. The van der Waals surface area contributed by atoms with E-state index < -0.39 is 0 Å². The van der Waals surface area contributed by atoms with Crippen molar-refractivity contribution in [1.29, 1.82) is 0 Å². The van der Waals surface area contributed by atoms with Crippen LogP contribution in [0.5, 0.6) is 0 Å². The molecule has 0 aromatic rings. The second kappa shape index (κ2) is 7.05. The van der Waals surface area contributed by atoms with Crippen LogP contribution in [0.1, 0.15) is 52.9 Å². The lowest BCUT2D eigenvalue weighted by atomic mass is 9.74. The molecule has 1 heterocycles. The molecule has 1 saturated carbocycles. The Hall–Kier alpha value is -0.120. The highest BCUT2D eigenvalue weighted by molar-refractivity contribution is 4.90. The third-order valence-corrected chi connectivity index (χ3v) is 4.56. The molecule has 0 aromatic heterocycles. The lowest BCUT2D eigenvalue weighted by molar-refractivity contribution is -0.0419. The van der Waals surface area contributed by atoms with Gasteiger partial charge in [0.15, 0.2) is 0 Å². The van der Waals surface area contributed by atoms with E-state index in [1.807, 2.05) is 0 Å². The molecular formula is C16H31NO2. The van der Waals surface area contributed by atoms with Crippen molar-refractivity contribution < 1.29 is 9.47 Å². The maximum Gasteiger partial charge on any atom is 0.0733 e. The molecule has 2 aliphatic rings. The molecule has 2 rings (SSSR count). The summed E-state index contributed by atoms with van der Waals surface area (Å²) < 4.78 is 11.7. The van der Waals surface area contributed by atoms with Crippen LogP contribution in [0.25, 0.3) is 0 Å². The van der Waals surface area contributed by atoms with Gasteiger partial charge in [-0.15, -0.1) is 0 Å². The van der Waals surface area contributed by atoms with E-state index >= 15 is 0 Å². The highest BCUT2D eigenvalue weighted by Crippen LogP contribution is 2.37. The highest BCUT2D eigenvalue weighted by atomic mass is 16.5. The van der Waals surface area contributed by atoms with E-state index in [1.54, 1.807) is 0 Å². The van der Waals surface area contributed by atoms with Crippen LogP contribution in [0, 0.1) is 11.3 Å². The molecule has 0 radical (unpaired) electrons. The van der Waals surface area contributed by atoms with Gasteiger partial charge >= 0.3 is 0 Å². The second-order valence-electron chi connectivity index (χ2n) is 7.07. The van der Waals surface area contributed by atoms with Gasteiger partial charge in [0.25, 0.3) is 0 Å². The Morgan fingerprint density at radius 2 is 2.16 bits per heavy atom. The molecule has 0 aromatic carbocycles. The van der Waals surface area contributed by atoms with Gasteiger partial charge in [0, 0.05) is 18.6 Å². The summed E-state index contributed by atoms with van der Waals surface area (Å²) in [6.45, 7) is 10.8. The Labute approximate surface area is 118 Å². The first-order chi connectivity index (χ1) is 9.11. The Morgan fingerprint density at radius 1 is 1.32 bits per heavy atom. The summed E-state index contributed by atoms with van der Waals surface area (Å²) in [7, 11) is 0. The number of hydrogen-bond acceptors (Lipinski definition) is 3. The van der Waals surface area contributed by atoms with Crippen LogP contribution in [0.4, 0.5) is 0 Å². The predicted molar refractivity (Wildman–Crippen MR) is 78.4 cm³/mol. The van der Waals surface area contributed by atoms with Crippen molar-refractivity contribution in [3.8, 4) is 0 Å². The van der Waals surface area contributed by atoms with Crippen molar-refractivity contribution in [3.05, 3.63) is 0 Å². The second-order valence-corrected chi connectivity index (χ2v) is 7.07. The third kappa shape index (κ3) is 4.73. The van der Waals surface area contributed by atoms with Crippen molar-refractivity contribution in [2.24, 2.45) is 11.3 Å². The summed E-state index contributed by atoms with van der Waals surface area (Å²) in [6, 6.07) is 0.551. The molecule has 3 atom stereocenters. The van der Waals surface area contributed by atoms with Crippen molar-refractivity contribution >= 4 is 0 Å². The van der Waals surface area contributed by atoms with E-state index in [0.29, 0.717) is 23.5 Å². The molecule has 1 aliphatic carbocycles. The Bertz CT molecular complexity index is 261. The summed E-state index contributed by atoms with van der Waals surface area (Å²) >= 11 is 0. The largest absolute Gasteiger partial charge is 0.381 e. The zero-order valence-electron chi connectivity index (χ0n) is 12.9. The van der Waals surface area contributed by atoms with Crippen LogP contribution in [-0.4, -0.2) is 38.5 Å². The van der Waals surface area contributed by atoms with Crippen LogP contribution in [0.3, 0.4) is 0 Å². The Morgan fingerprint density at radius 3 is 2.84 bits per heavy atom. The van der Waals surface area contributed by atoms with Crippen LogP contribution < -0.4 is 5.32 Å². The number of nitrogens with one attached hydrogen (secondary N) is 1. The minimum absolute atomic E-state index is 0.385.